The second kappa shape index (κ2) is 8.87. The summed E-state index contributed by atoms with van der Waals surface area (Å²) in [7, 11) is 1.63. The van der Waals surface area contributed by atoms with Crippen LogP contribution in [-0.4, -0.2) is 39.4 Å². The number of nitrogens with one attached hydrogen (secondary N) is 2. The number of amides is 1. The molecule has 0 spiro atoms. The summed E-state index contributed by atoms with van der Waals surface area (Å²) >= 11 is 0. The molecule has 1 aromatic carbocycles. The van der Waals surface area contributed by atoms with E-state index in [1.54, 1.807) is 25.6 Å². The van der Waals surface area contributed by atoms with Gasteiger partial charge in [0.05, 0.1) is 16.8 Å². The SMILES string of the molecule is CNC(=O)c1ccnc2c([C@H](C)CNc3cc(-c4ccc(C)nc4)ncn3)cccc12. The number of carbonyl (C=O) groups excluding carboxylic acids is 1. The van der Waals surface area contributed by atoms with Crippen LogP contribution in [0.15, 0.2) is 61.2 Å². The molecule has 156 valence electrons. The summed E-state index contributed by atoms with van der Waals surface area (Å²) in [6.07, 6.45) is 5.05. The summed E-state index contributed by atoms with van der Waals surface area (Å²) in [6.45, 7) is 4.74. The van der Waals surface area contributed by atoms with Gasteiger partial charge in [0.25, 0.3) is 5.91 Å². The van der Waals surface area contributed by atoms with Gasteiger partial charge in [0.2, 0.25) is 0 Å². The number of para-hydroxylation sites is 1. The summed E-state index contributed by atoms with van der Waals surface area (Å²) in [4.78, 5) is 29.8. The third kappa shape index (κ3) is 4.35. The minimum Gasteiger partial charge on any atom is -0.369 e. The largest absolute Gasteiger partial charge is 0.369 e. The van der Waals surface area contributed by atoms with Crippen molar-refractivity contribution in [1.29, 1.82) is 0 Å². The Morgan fingerprint density at radius 1 is 1.06 bits per heavy atom. The van der Waals surface area contributed by atoms with Gasteiger partial charge >= 0.3 is 0 Å². The van der Waals surface area contributed by atoms with Crippen LogP contribution in [0.4, 0.5) is 5.82 Å². The van der Waals surface area contributed by atoms with E-state index in [1.807, 2.05) is 43.5 Å². The molecule has 1 amide bonds. The maximum Gasteiger partial charge on any atom is 0.251 e. The van der Waals surface area contributed by atoms with E-state index >= 15 is 0 Å². The Morgan fingerprint density at radius 3 is 2.71 bits per heavy atom. The second-order valence-corrected chi connectivity index (χ2v) is 7.44. The number of aryl methyl sites for hydroxylation is 1. The van der Waals surface area contributed by atoms with Crippen molar-refractivity contribution >= 4 is 22.6 Å². The normalized spacial score (nSPS) is 11.8. The molecule has 3 heterocycles. The molecule has 7 nitrogen and oxygen atoms in total. The van der Waals surface area contributed by atoms with Crippen LogP contribution < -0.4 is 10.6 Å². The molecule has 0 saturated carbocycles. The molecule has 4 rings (SSSR count). The molecule has 0 radical (unpaired) electrons. The molecule has 0 saturated heterocycles. The van der Waals surface area contributed by atoms with Crippen LogP contribution in [0.25, 0.3) is 22.2 Å². The van der Waals surface area contributed by atoms with Crippen molar-refractivity contribution in [2.75, 3.05) is 18.9 Å². The lowest BCUT2D eigenvalue weighted by molar-refractivity contribution is 0.0964. The monoisotopic (exact) mass is 412 g/mol. The standard InChI is InChI=1S/C24H24N6O/c1-15(18-5-4-6-19-20(24(31)25-3)9-10-26-23(18)19)12-28-22-11-21(29-14-30-22)17-8-7-16(2)27-13-17/h4-11,13-15H,12H2,1-3H3,(H,25,31)(H,28,29,30)/t15-/m1/s1. The first-order valence-electron chi connectivity index (χ1n) is 10.2. The zero-order chi connectivity index (χ0) is 21.8. The van der Waals surface area contributed by atoms with Crippen LogP contribution in [0.1, 0.15) is 34.5 Å². The lowest BCUT2D eigenvalue weighted by Gasteiger charge is -2.16. The van der Waals surface area contributed by atoms with Crippen LogP contribution in [0.3, 0.4) is 0 Å². The number of hydrogen-bond acceptors (Lipinski definition) is 6. The highest BCUT2D eigenvalue weighted by Gasteiger charge is 2.15. The van der Waals surface area contributed by atoms with E-state index in [1.165, 1.54) is 0 Å². The fourth-order valence-corrected chi connectivity index (χ4v) is 3.53. The van der Waals surface area contributed by atoms with Gasteiger partial charge in [-0.15, -0.1) is 0 Å². The first-order chi connectivity index (χ1) is 15.1. The van der Waals surface area contributed by atoms with Gasteiger partial charge in [-0.05, 0) is 30.7 Å². The van der Waals surface area contributed by atoms with Crippen molar-refractivity contribution in [3.63, 3.8) is 0 Å². The van der Waals surface area contributed by atoms with Gasteiger partial charge in [-0.2, -0.15) is 0 Å². The average Bonchev–Trinajstić information content (AvgIpc) is 2.82. The van der Waals surface area contributed by atoms with Crippen molar-refractivity contribution in [2.24, 2.45) is 0 Å². The predicted molar refractivity (Wildman–Crippen MR) is 122 cm³/mol. The number of hydrogen-bond donors (Lipinski definition) is 2. The summed E-state index contributed by atoms with van der Waals surface area (Å²) in [6, 6.07) is 13.6. The van der Waals surface area contributed by atoms with Crippen LogP contribution in [0.2, 0.25) is 0 Å². The van der Waals surface area contributed by atoms with E-state index in [-0.39, 0.29) is 11.8 Å². The Labute approximate surface area is 181 Å². The highest BCUT2D eigenvalue weighted by molar-refractivity contribution is 6.06. The van der Waals surface area contributed by atoms with Gasteiger partial charge < -0.3 is 10.6 Å². The Hall–Kier alpha value is -3.87. The van der Waals surface area contributed by atoms with E-state index in [0.29, 0.717) is 12.1 Å². The first-order valence-corrected chi connectivity index (χ1v) is 10.2. The number of fused-ring (bicyclic) bond motifs is 1. The van der Waals surface area contributed by atoms with E-state index in [0.717, 1.165) is 39.2 Å². The third-order valence-electron chi connectivity index (χ3n) is 5.27. The number of carbonyl (C=O) groups is 1. The topological polar surface area (TPSA) is 92.7 Å². The van der Waals surface area contributed by atoms with Crippen molar-refractivity contribution < 1.29 is 4.79 Å². The Morgan fingerprint density at radius 2 is 1.94 bits per heavy atom. The molecule has 0 aliphatic rings. The van der Waals surface area contributed by atoms with Gasteiger partial charge in [-0.25, -0.2) is 9.97 Å². The predicted octanol–water partition coefficient (Wildman–Crippen LogP) is 3.97. The molecular formula is C24H24N6O. The van der Waals surface area contributed by atoms with Crippen LogP contribution in [0, 0.1) is 6.92 Å². The number of nitrogens with zero attached hydrogens (tertiary/aromatic N) is 4. The van der Waals surface area contributed by atoms with Crippen molar-refractivity contribution in [3.8, 4) is 11.3 Å². The van der Waals surface area contributed by atoms with Gasteiger partial charge in [-0.3, -0.25) is 14.8 Å². The van der Waals surface area contributed by atoms with E-state index in [9.17, 15) is 4.79 Å². The molecule has 0 aliphatic heterocycles. The summed E-state index contributed by atoms with van der Waals surface area (Å²) in [5.74, 6) is 0.779. The molecule has 4 aromatic rings. The number of rotatable bonds is 6. The quantitative estimate of drug-likeness (QED) is 0.498. The highest BCUT2D eigenvalue weighted by Crippen LogP contribution is 2.27. The number of pyridine rings is 2. The average molecular weight is 412 g/mol. The summed E-state index contributed by atoms with van der Waals surface area (Å²) < 4.78 is 0. The Balaban J connectivity index is 1.55. The second-order valence-electron chi connectivity index (χ2n) is 7.44. The molecule has 3 aromatic heterocycles. The smallest absolute Gasteiger partial charge is 0.251 e. The molecule has 0 aliphatic carbocycles. The van der Waals surface area contributed by atoms with Gasteiger partial charge in [0, 0.05) is 54.6 Å². The Kier molecular flexibility index (Phi) is 5.84. The fraction of sp³-hybridized carbons (Fsp3) is 0.208. The minimum absolute atomic E-state index is 0.116. The van der Waals surface area contributed by atoms with Crippen LogP contribution in [0.5, 0.6) is 0 Å². The highest BCUT2D eigenvalue weighted by atomic mass is 16.1. The maximum absolute atomic E-state index is 12.2. The molecule has 2 N–H and O–H groups in total. The Bertz CT molecular complexity index is 1220. The van der Waals surface area contributed by atoms with E-state index < -0.39 is 0 Å². The number of benzene rings is 1. The van der Waals surface area contributed by atoms with Crippen molar-refractivity contribution in [1.82, 2.24) is 25.3 Å². The third-order valence-corrected chi connectivity index (χ3v) is 5.27. The molecule has 1 atom stereocenters. The first kappa shape index (κ1) is 20.4. The van der Waals surface area contributed by atoms with Crippen molar-refractivity contribution in [3.05, 3.63) is 78.0 Å². The fourth-order valence-electron chi connectivity index (χ4n) is 3.53. The van der Waals surface area contributed by atoms with Gasteiger partial charge in [0.15, 0.2) is 0 Å². The molecular weight excluding hydrogens is 388 g/mol. The lowest BCUT2D eigenvalue weighted by Crippen LogP contribution is -2.18. The molecule has 0 bridgehead atoms. The number of anilines is 1. The minimum atomic E-state index is -0.116. The summed E-state index contributed by atoms with van der Waals surface area (Å²) in [5.41, 5.74) is 5.28. The molecule has 0 fully saturated rings. The van der Waals surface area contributed by atoms with E-state index in [4.69, 9.17) is 0 Å². The van der Waals surface area contributed by atoms with Gasteiger partial charge in [-0.1, -0.05) is 25.1 Å². The van der Waals surface area contributed by atoms with Crippen LogP contribution in [-0.2, 0) is 0 Å². The van der Waals surface area contributed by atoms with Crippen molar-refractivity contribution in [2.45, 2.75) is 19.8 Å². The molecule has 0 unspecified atom stereocenters. The number of aromatic nitrogens is 4. The zero-order valence-electron chi connectivity index (χ0n) is 17.8. The van der Waals surface area contributed by atoms with Gasteiger partial charge in [0.1, 0.15) is 12.1 Å². The molecule has 7 heteroatoms. The lowest BCUT2D eigenvalue weighted by atomic mass is 9.96. The van der Waals surface area contributed by atoms with Crippen LogP contribution >= 0.6 is 0 Å². The zero-order valence-corrected chi connectivity index (χ0v) is 17.8. The maximum atomic E-state index is 12.2. The van der Waals surface area contributed by atoms with E-state index in [2.05, 4.69) is 43.6 Å². The molecule has 31 heavy (non-hydrogen) atoms. The summed E-state index contributed by atoms with van der Waals surface area (Å²) in [5, 5.41) is 6.94.